The monoisotopic (exact) mass is 254 g/mol. The molecule has 2 rings (SSSR count). The SMILES string of the molecule is CCC1C(=O)NC(C)C(=O)N1CCOCC1CC1. The van der Waals surface area contributed by atoms with Crippen LogP contribution < -0.4 is 5.32 Å². The van der Waals surface area contributed by atoms with Crippen LogP contribution in [0.1, 0.15) is 33.1 Å². The molecule has 1 aliphatic carbocycles. The second kappa shape index (κ2) is 5.69. The largest absolute Gasteiger partial charge is 0.379 e. The van der Waals surface area contributed by atoms with E-state index in [1.807, 2.05) is 6.92 Å². The molecule has 1 saturated heterocycles. The maximum atomic E-state index is 12.0. The summed E-state index contributed by atoms with van der Waals surface area (Å²) >= 11 is 0. The molecule has 0 radical (unpaired) electrons. The van der Waals surface area contributed by atoms with Crippen LogP contribution in [0.4, 0.5) is 0 Å². The molecule has 1 aliphatic heterocycles. The maximum Gasteiger partial charge on any atom is 0.245 e. The summed E-state index contributed by atoms with van der Waals surface area (Å²) in [6.07, 6.45) is 3.17. The number of nitrogens with zero attached hydrogens (tertiary/aromatic N) is 1. The van der Waals surface area contributed by atoms with Gasteiger partial charge in [0.2, 0.25) is 11.8 Å². The molecule has 0 aromatic rings. The Morgan fingerprint density at radius 2 is 2.11 bits per heavy atom. The number of hydrogen-bond acceptors (Lipinski definition) is 3. The van der Waals surface area contributed by atoms with Crippen molar-refractivity contribution in [3.05, 3.63) is 0 Å². The van der Waals surface area contributed by atoms with E-state index < -0.39 is 6.04 Å². The zero-order chi connectivity index (χ0) is 13.1. The summed E-state index contributed by atoms with van der Waals surface area (Å²) in [5.74, 6) is 0.675. The van der Waals surface area contributed by atoms with Crippen molar-refractivity contribution in [1.29, 1.82) is 0 Å². The van der Waals surface area contributed by atoms with Crippen LogP contribution in [0, 0.1) is 5.92 Å². The van der Waals surface area contributed by atoms with Crippen molar-refractivity contribution < 1.29 is 14.3 Å². The third kappa shape index (κ3) is 3.02. The lowest BCUT2D eigenvalue weighted by Gasteiger charge is -2.37. The van der Waals surface area contributed by atoms with Gasteiger partial charge in [-0.2, -0.15) is 0 Å². The highest BCUT2D eigenvalue weighted by atomic mass is 16.5. The Morgan fingerprint density at radius 1 is 1.39 bits per heavy atom. The van der Waals surface area contributed by atoms with Gasteiger partial charge in [-0.05, 0) is 32.1 Å². The van der Waals surface area contributed by atoms with E-state index in [0.717, 1.165) is 12.5 Å². The zero-order valence-corrected chi connectivity index (χ0v) is 11.1. The van der Waals surface area contributed by atoms with Crippen molar-refractivity contribution in [2.24, 2.45) is 5.92 Å². The average Bonchev–Trinajstić information content (AvgIpc) is 3.14. The number of carbonyl (C=O) groups is 2. The highest BCUT2D eigenvalue weighted by Crippen LogP contribution is 2.28. The van der Waals surface area contributed by atoms with Gasteiger partial charge in [0.15, 0.2) is 0 Å². The van der Waals surface area contributed by atoms with Crippen molar-refractivity contribution in [3.63, 3.8) is 0 Å². The Morgan fingerprint density at radius 3 is 2.72 bits per heavy atom. The molecular weight excluding hydrogens is 232 g/mol. The van der Waals surface area contributed by atoms with E-state index in [4.69, 9.17) is 4.74 Å². The quantitative estimate of drug-likeness (QED) is 0.704. The van der Waals surface area contributed by atoms with Gasteiger partial charge >= 0.3 is 0 Å². The molecule has 102 valence electrons. The Labute approximate surface area is 108 Å². The molecule has 1 heterocycles. The van der Waals surface area contributed by atoms with Gasteiger partial charge in [-0.25, -0.2) is 0 Å². The molecule has 2 fully saturated rings. The van der Waals surface area contributed by atoms with E-state index in [0.29, 0.717) is 19.6 Å². The number of ether oxygens (including phenoxy) is 1. The molecule has 2 aliphatic rings. The van der Waals surface area contributed by atoms with Crippen LogP contribution in [0.25, 0.3) is 0 Å². The number of carbonyl (C=O) groups excluding carboxylic acids is 2. The Balaban J connectivity index is 1.84. The minimum atomic E-state index is -0.413. The molecule has 5 nitrogen and oxygen atoms in total. The Bertz CT molecular complexity index is 328. The molecule has 5 heteroatoms. The van der Waals surface area contributed by atoms with Crippen LogP contribution in [0.2, 0.25) is 0 Å². The lowest BCUT2D eigenvalue weighted by atomic mass is 10.1. The van der Waals surface area contributed by atoms with Crippen LogP contribution in [0.15, 0.2) is 0 Å². The second-order valence-corrected chi connectivity index (χ2v) is 5.20. The van der Waals surface area contributed by atoms with Gasteiger partial charge in [0, 0.05) is 13.2 Å². The normalized spacial score (nSPS) is 28.4. The van der Waals surface area contributed by atoms with Gasteiger partial charge in [-0.3, -0.25) is 9.59 Å². The summed E-state index contributed by atoms with van der Waals surface area (Å²) in [6.45, 7) is 5.48. The maximum absolute atomic E-state index is 12.0. The van der Waals surface area contributed by atoms with Crippen LogP contribution in [0.5, 0.6) is 0 Å². The lowest BCUT2D eigenvalue weighted by Crippen LogP contribution is -2.62. The predicted octanol–water partition coefficient (Wildman–Crippen LogP) is 0.539. The van der Waals surface area contributed by atoms with Gasteiger partial charge in [0.25, 0.3) is 0 Å². The average molecular weight is 254 g/mol. The Hall–Kier alpha value is -1.10. The predicted molar refractivity (Wildman–Crippen MR) is 66.9 cm³/mol. The number of hydrogen-bond donors (Lipinski definition) is 1. The molecule has 2 amide bonds. The van der Waals surface area contributed by atoms with Crippen molar-refractivity contribution in [2.45, 2.75) is 45.2 Å². The smallest absolute Gasteiger partial charge is 0.245 e. The molecule has 1 N–H and O–H groups in total. The number of piperazine rings is 1. The molecule has 18 heavy (non-hydrogen) atoms. The molecule has 0 aromatic carbocycles. The van der Waals surface area contributed by atoms with Crippen molar-refractivity contribution in [2.75, 3.05) is 19.8 Å². The first-order valence-electron chi connectivity index (χ1n) is 6.82. The zero-order valence-electron chi connectivity index (χ0n) is 11.1. The number of rotatable bonds is 6. The topological polar surface area (TPSA) is 58.6 Å². The molecular formula is C13H22N2O3. The third-order valence-corrected chi connectivity index (χ3v) is 3.60. The highest BCUT2D eigenvalue weighted by Gasteiger charge is 2.37. The molecule has 0 spiro atoms. The minimum Gasteiger partial charge on any atom is -0.379 e. The third-order valence-electron chi connectivity index (χ3n) is 3.60. The molecule has 1 saturated carbocycles. The molecule has 2 unspecified atom stereocenters. The fourth-order valence-electron chi connectivity index (χ4n) is 2.28. The summed E-state index contributed by atoms with van der Waals surface area (Å²) in [7, 11) is 0. The van der Waals surface area contributed by atoms with Gasteiger partial charge in [0.1, 0.15) is 12.1 Å². The van der Waals surface area contributed by atoms with Gasteiger partial charge in [-0.1, -0.05) is 6.92 Å². The standard InChI is InChI=1S/C13H22N2O3/c1-3-11-12(16)14-9(2)13(17)15(11)6-7-18-8-10-4-5-10/h9-11H,3-8H2,1-2H3,(H,14,16). The summed E-state index contributed by atoms with van der Waals surface area (Å²) in [4.78, 5) is 25.5. The molecule has 0 aromatic heterocycles. The van der Waals surface area contributed by atoms with Crippen molar-refractivity contribution in [3.8, 4) is 0 Å². The van der Waals surface area contributed by atoms with E-state index in [9.17, 15) is 9.59 Å². The molecule has 0 bridgehead atoms. The van der Waals surface area contributed by atoms with Crippen LogP contribution in [-0.2, 0) is 14.3 Å². The van der Waals surface area contributed by atoms with E-state index in [-0.39, 0.29) is 17.9 Å². The van der Waals surface area contributed by atoms with E-state index >= 15 is 0 Å². The first kappa shape index (κ1) is 13.3. The number of amides is 2. The van der Waals surface area contributed by atoms with Crippen LogP contribution >= 0.6 is 0 Å². The first-order valence-corrected chi connectivity index (χ1v) is 6.82. The fourth-order valence-corrected chi connectivity index (χ4v) is 2.28. The van der Waals surface area contributed by atoms with Crippen molar-refractivity contribution in [1.82, 2.24) is 10.2 Å². The summed E-state index contributed by atoms with van der Waals surface area (Å²) < 4.78 is 5.55. The van der Waals surface area contributed by atoms with Crippen LogP contribution in [0.3, 0.4) is 0 Å². The van der Waals surface area contributed by atoms with E-state index in [1.165, 1.54) is 12.8 Å². The number of nitrogens with one attached hydrogen (secondary N) is 1. The highest BCUT2D eigenvalue weighted by molar-refractivity contribution is 5.96. The van der Waals surface area contributed by atoms with Gasteiger partial charge in [-0.15, -0.1) is 0 Å². The first-order chi connectivity index (χ1) is 8.63. The summed E-state index contributed by atoms with van der Waals surface area (Å²) in [5.41, 5.74) is 0. The van der Waals surface area contributed by atoms with Gasteiger partial charge in [0.05, 0.1) is 6.61 Å². The fraction of sp³-hybridized carbons (Fsp3) is 0.846. The van der Waals surface area contributed by atoms with E-state index in [2.05, 4.69) is 5.32 Å². The van der Waals surface area contributed by atoms with E-state index in [1.54, 1.807) is 11.8 Å². The van der Waals surface area contributed by atoms with Crippen LogP contribution in [-0.4, -0.2) is 48.6 Å². The van der Waals surface area contributed by atoms with Gasteiger partial charge < -0.3 is 15.0 Å². The Kier molecular flexibility index (Phi) is 4.22. The lowest BCUT2D eigenvalue weighted by molar-refractivity contribution is -0.149. The summed E-state index contributed by atoms with van der Waals surface area (Å²) in [5, 5.41) is 2.71. The van der Waals surface area contributed by atoms with Crippen molar-refractivity contribution >= 4 is 11.8 Å². The summed E-state index contributed by atoms with van der Waals surface area (Å²) in [6, 6.07) is -0.748. The second-order valence-electron chi connectivity index (χ2n) is 5.20. The minimum absolute atomic E-state index is 0.00327. The molecule has 2 atom stereocenters.